The number of aryl methyl sites for hydroxylation is 1. The van der Waals surface area contributed by atoms with Crippen LogP contribution in [0, 0.1) is 12.8 Å². The zero-order chi connectivity index (χ0) is 37.1. The Morgan fingerprint density at radius 3 is 1.64 bits per heavy atom. The Balaban J connectivity index is 1.22. The molecule has 2 fully saturated rings. The van der Waals surface area contributed by atoms with Crippen LogP contribution in [0.15, 0.2) is 90.0 Å². The summed E-state index contributed by atoms with van der Waals surface area (Å²) in [5.41, 5.74) is 17.9. The van der Waals surface area contributed by atoms with Crippen LogP contribution in [0.1, 0.15) is 143 Å². The van der Waals surface area contributed by atoms with Gasteiger partial charge in [0, 0.05) is 0 Å². The molecular weight excluding hydrogens is 779 g/mol. The molecule has 0 heterocycles. The fraction of sp³-hybridized carbons (Fsp3) is 0.429. The second-order valence-electron chi connectivity index (χ2n) is 17.9. The Kier molecular flexibility index (Phi) is 10.6. The first-order valence-corrected chi connectivity index (χ1v) is 37.2. The van der Waals surface area contributed by atoms with Crippen LogP contribution in [0.5, 0.6) is 0 Å². The second kappa shape index (κ2) is 14.8. The van der Waals surface area contributed by atoms with Gasteiger partial charge in [-0.05, 0) is 0 Å². The van der Waals surface area contributed by atoms with Crippen molar-refractivity contribution in [3.05, 3.63) is 129 Å². The van der Waals surface area contributed by atoms with Crippen LogP contribution in [0.2, 0.25) is 13.1 Å². The number of fused-ring (bicyclic) bond motifs is 2. The molecule has 0 aromatic heterocycles. The molecule has 53 heavy (non-hydrogen) atoms. The van der Waals surface area contributed by atoms with Crippen LogP contribution >= 0.6 is 17.0 Å². The summed E-state index contributed by atoms with van der Waals surface area (Å²) < 4.78 is 0.194. The predicted octanol–water partition coefficient (Wildman–Crippen LogP) is 15.7. The number of allylic oxidation sites excluding steroid dienone is 2. The molecule has 8 rings (SSSR count). The molecule has 4 heteroatoms. The second-order valence-corrected chi connectivity index (χ2v) is 60.4. The maximum atomic E-state index is 8.77. The molecule has 2 saturated carbocycles. The SMILES string of the molecule is CC1=Cc2c(-c3ccc(C4CCCCC4)cc3)ccc(C)c2[CH]1[Zr]([Cl])([Cl])([CH]1C(C(C)C)=Cc2c(-c3ccc(C4CCCCC4)cc3)cccc21)[SiH](C)C. The van der Waals surface area contributed by atoms with Gasteiger partial charge >= 0.3 is 332 Å². The number of hydrogen-bond donors (Lipinski definition) is 0. The number of benzene rings is 4. The van der Waals surface area contributed by atoms with Crippen molar-refractivity contribution in [3.8, 4) is 22.3 Å². The minimum absolute atomic E-state index is 0.0967. The summed E-state index contributed by atoms with van der Waals surface area (Å²) >= 11 is -4.87. The third-order valence-electron chi connectivity index (χ3n) is 14.2. The van der Waals surface area contributed by atoms with Crippen molar-refractivity contribution in [2.75, 3.05) is 0 Å². The van der Waals surface area contributed by atoms with Gasteiger partial charge < -0.3 is 0 Å². The predicted molar refractivity (Wildman–Crippen MR) is 233 cm³/mol. The molecule has 277 valence electrons. The quantitative estimate of drug-likeness (QED) is 0.155. The Bertz CT molecular complexity index is 2060. The Morgan fingerprint density at radius 2 is 1.13 bits per heavy atom. The summed E-state index contributed by atoms with van der Waals surface area (Å²) in [6, 6.07) is 30.9. The zero-order valence-corrected chi connectivity index (χ0v) is 38.1. The number of hydrogen-bond acceptors (Lipinski definition) is 0. The van der Waals surface area contributed by atoms with Crippen molar-refractivity contribution >= 4 is 35.1 Å². The third-order valence-corrected chi connectivity index (χ3v) is 66.1. The fourth-order valence-electron chi connectivity index (χ4n) is 11.2. The molecule has 2 atom stereocenters. The van der Waals surface area contributed by atoms with E-state index in [1.165, 1.54) is 137 Å². The van der Waals surface area contributed by atoms with Gasteiger partial charge in [0.25, 0.3) is 0 Å². The molecule has 4 aromatic carbocycles. The van der Waals surface area contributed by atoms with Crippen molar-refractivity contribution in [1.29, 1.82) is 0 Å². The van der Waals surface area contributed by atoms with E-state index in [2.05, 4.69) is 132 Å². The van der Waals surface area contributed by atoms with E-state index in [0.717, 1.165) is 0 Å². The van der Waals surface area contributed by atoms with E-state index in [-0.39, 0.29) is 7.25 Å². The van der Waals surface area contributed by atoms with Crippen molar-refractivity contribution in [2.45, 2.75) is 124 Å². The average Bonchev–Trinajstić information content (AvgIpc) is 3.76. The van der Waals surface area contributed by atoms with Crippen LogP contribution in [-0.2, 0) is 15.6 Å². The first-order valence-electron chi connectivity index (χ1n) is 20.9. The summed E-state index contributed by atoms with van der Waals surface area (Å²) in [5.74, 6) is 0.134. The summed E-state index contributed by atoms with van der Waals surface area (Å²) in [6.07, 6.45) is 18.5. The van der Waals surface area contributed by atoms with Gasteiger partial charge in [0.2, 0.25) is 0 Å². The minimum atomic E-state index is -4.87. The maximum absolute atomic E-state index is 8.77. The summed E-state index contributed by atoms with van der Waals surface area (Å²) in [6.45, 7) is 14.3. The van der Waals surface area contributed by atoms with Gasteiger partial charge in [-0.25, -0.2) is 0 Å². The van der Waals surface area contributed by atoms with Gasteiger partial charge in [0.1, 0.15) is 0 Å². The van der Waals surface area contributed by atoms with E-state index in [1.54, 1.807) is 0 Å². The Hall–Kier alpha value is -1.96. The van der Waals surface area contributed by atoms with E-state index in [0.29, 0.717) is 17.8 Å². The van der Waals surface area contributed by atoms with Crippen molar-refractivity contribution in [2.24, 2.45) is 5.92 Å². The average molecular weight is 838 g/mol. The van der Waals surface area contributed by atoms with Crippen LogP contribution in [0.4, 0.5) is 0 Å². The fourth-order valence-corrected chi connectivity index (χ4v) is 43.4. The molecule has 0 N–H and O–H groups in total. The Labute approximate surface area is 329 Å². The summed E-state index contributed by atoms with van der Waals surface area (Å²) in [5, 5.41) is 0. The van der Waals surface area contributed by atoms with Gasteiger partial charge in [-0.2, -0.15) is 0 Å². The van der Waals surface area contributed by atoms with Crippen LogP contribution < -0.4 is 0 Å². The van der Waals surface area contributed by atoms with Gasteiger partial charge in [-0.1, -0.05) is 0 Å². The molecule has 4 aromatic rings. The molecule has 0 radical (unpaired) electrons. The van der Waals surface area contributed by atoms with Crippen molar-refractivity contribution in [1.82, 2.24) is 0 Å². The molecule has 4 aliphatic carbocycles. The van der Waals surface area contributed by atoms with E-state index in [4.69, 9.17) is 17.0 Å². The molecule has 0 bridgehead atoms. The molecule has 4 aliphatic rings. The zero-order valence-electron chi connectivity index (χ0n) is 33.0. The molecule has 2 unspecified atom stereocenters. The monoisotopic (exact) mass is 835 g/mol. The van der Waals surface area contributed by atoms with Gasteiger partial charge in [0.05, 0.1) is 0 Å². The molecule has 0 saturated heterocycles. The van der Waals surface area contributed by atoms with Crippen LogP contribution in [0.3, 0.4) is 0 Å². The topological polar surface area (TPSA) is 0 Å². The van der Waals surface area contributed by atoms with Gasteiger partial charge in [-0.3, -0.25) is 0 Å². The molecule has 0 nitrogen and oxygen atoms in total. The van der Waals surface area contributed by atoms with Crippen LogP contribution in [-0.4, -0.2) is 5.92 Å². The molecule has 0 amide bonds. The van der Waals surface area contributed by atoms with Crippen molar-refractivity contribution < 1.29 is 15.6 Å². The molecular formula is C49H59Cl2SiZr. The van der Waals surface area contributed by atoms with E-state index < -0.39 is 21.5 Å². The number of rotatable bonds is 8. The van der Waals surface area contributed by atoms with E-state index in [9.17, 15) is 0 Å². The summed E-state index contributed by atoms with van der Waals surface area (Å²) in [4.78, 5) is 0. The molecule has 0 spiro atoms. The van der Waals surface area contributed by atoms with E-state index in [1.807, 2.05) is 0 Å². The first kappa shape index (κ1) is 37.9. The Morgan fingerprint density at radius 1 is 0.604 bits per heavy atom. The summed E-state index contributed by atoms with van der Waals surface area (Å²) in [7, 11) is 17.5. The number of halogens is 2. The first-order chi connectivity index (χ1) is 25.5. The standard InChI is InChI=1S/C24H27.C23H25.C2H7Si.2ClH.Zr/c1-17(2)22-15-21-9-6-10-23(24(21)16-22)20-13-11-19(12-14-20)18-7-4-3-5-8-18;1-16-14-22-17(2)8-13-21(23(22)15-16)20-11-9-19(10-12-20)18-6-4-3-5-7-18;1-3-2;;;/h6,9-18H,3-5,7-8H2,1-2H3;8-15,18H,3-7H2,1-2H3;3H,1-2H3;2*1H;/q;;;;;+2/p-2. The normalized spacial score (nSPS) is 21.7. The van der Waals surface area contributed by atoms with Gasteiger partial charge in [-0.15, -0.1) is 0 Å². The van der Waals surface area contributed by atoms with E-state index >= 15 is 0 Å². The molecule has 0 aliphatic heterocycles. The van der Waals surface area contributed by atoms with Crippen LogP contribution in [0.25, 0.3) is 34.4 Å². The van der Waals surface area contributed by atoms with Gasteiger partial charge in [0.15, 0.2) is 0 Å². The third kappa shape index (κ3) is 6.52. The van der Waals surface area contributed by atoms with Crippen molar-refractivity contribution in [3.63, 3.8) is 0 Å².